The number of carbonyl (C=O) groups is 1. The van der Waals surface area contributed by atoms with Crippen LogP contribution in [0, 0.1) is 0 Å². The van der Waals surface area contributed by atoms with Crippen molar-refractivity contribution in [1.82, 2.24) is 0 Å². The van der Waals surface area contributed by atoms with Gasteiger partial charge in [-0.3, -0.25) is 0 Å². The summed E-state index contributed by atoms with van der Waals surface area (Å²) in [6.45, 7) is 2.49. The maximum atomic E-state index is 10.8. The van der Waals surface area contributed by atoms with Crippen LogP contribution in [-0.4, -0.2) is 31.4 Å². The fourth-order valence-electron chi connectivity index (χ4n) is 1.69. The number of hydrogen-bond donors (Lipinski definition) is 1. The SMILES string of the molecule is COc1cc(C=C(C)C(=O)O)cc2c1OCCO2. The fraction of sp³-hybridized carbons (Fsp3) is 0.308. The lowest BCUT2D eigenvalue weighted by Crippen LogP contribution is -2.16. The summed E-state index contributed by atoms with van der Waals surface area (Å²) >= 11 is 0. The van der Waals surface area contributed by atoms with Crippen molar-refractivity contribution in [3.63, 3.8) is 0 Å². The minimum Gasteiger partial charge on any atom is -0.493 e. The minimum atomic E-state index is -0.955. The van der Waals surface area contributed by atoms with Gasteiger partial charge in [-0.2, -0.15) is 0 Å². The number of carboxylic acids is 1. The fourth-order valence-corrected chi connectivity index (χ4v) is 1.69. The molecule has 0 atom stereocenters. The number of hydrogen-bond acceptors (Lipinski definition) is 4. The molecule has 1 aliphatic rings. The molecule has 1 N–H and O–H groups in total. The Kier molecular flexibility index (Phi) is 3.41. The van der Waals surface area contributed by atoms with Crippen LogP contribution in [0.25, 0.3) is 6.08 Å². The van der Waals surface area contributed by atoms with Gasteiger partial charge in [0.15, 0.2) is 11.5 Å². The maximum absolute atomic E-state index is 10.8. The van der Waals surface area contributed by atoms with Crippen molar-refractivity contribution < 1.29 is 24.1 Å². The zero-order chi connectivity index (χ0) is 13.1. The normalized spacial score (nSPS) is 14.2. The van der Waals surface area contributed by atoms with Gasteiger partial charge in [0, 0.05) is 5.57 Å². The first-order valence-corrected chi connectivity index (χ1v) is 5.51. The highest BCUT2D eigenvalue weighted by Crippen LogP contribution is 2.40. The summed E-state index contributed by atoms with van der Waals surface area (Å²) in [5.74, 6) is 0.722. The van der Waals surface area contributed by atoms with Gasteiger partial charge >= 0.3 is 5.97 Å². The minimum absolute atomic E-state index is 0.244. The van der Waals surface area contributed by atoms with Crippen molar-refractivity contribution in [3.05, 3.63) is 23.3 Å². The summed E-state index contributed by atoms with van der Waals surface area (Å²) in [6, 6.07) is 3.46. The van der Waals surface area contributed by atoms with Gasteiger partial charge < -0.3 is 19.3 Å². The molecule has 96 valence electrons. The quantitative estimate of drug-likeness (QED) is 0.831. The van der Waals surface area contributed by atoms with Crippen LogP contribution >= 0.6 is 0 Å². The van der Waals surface area contributed by atoms with E-state index in [2.05, 4.69) is 0 Å². The molecule has 0 saturated carbocycles. The Morgan fingerprint density at radius 2 is 2.11 bits per heavy atom. The molecule has 0 aromatic heterocycles. The Hall–Kier alpha value is -2.17. The molecule has 5 nitrogen and oxygen atoms in total. The number of aliphatic carboxylic acids is 1. The molecule has 0 unspecified atom stereocenters. The Morgan fingerprint density at radius 1 is 1.39 bits per heavy atom. The van der Waals surface area contributed by atoms with Crippen LogP contribution in [0.5, 0.6) is 17.2 Å². The van der Waals surface area contributed by atoms with E-state index in [4.69, 9.17) is 19.3 Å². The van der Waals surface area contributed by atoms with E-state index in [1.807, 2.05) is 0 Å². The molecular formula is C13H14O5. The molecule has 5 heteroatoms. The van der Waals surface area contributed by atoms with E-state index in [0.717, 1.165) is 0 Å². The van der Waals surface area contributed by atoms with Crippen LogP contribution in [0.1, 0.15) is 12.5 Å². The number of carboxylic acid groups (broad SMARTS) is 1. The topological polar surface area (TPSA) is 65.0 Å². The summed E-state index contributed by atoms with van der Waals surface area (Å²) in [4.78, 5) is 10.8. The van der Waals surface area contributed by atoms with E-state index in [1.54, 1.807) is 18.2 Å². The number of methoxy groups -OCH3 is 1. The lowest BCUT2D eigenvalue weighted by atomic mass is 10.1. The summed E-state index contributed by atoms with van der Waals surface area (Å²) in [7, 11) is 1.53. The van der Waals surface area contributed by atoms with Crippen molar-refractivity contribution >= 4 is 12.0 Å². The van der Waals surface area contributed by atoms with Gasteiger partial charge in [-0.25, -0.2) is 4.79 Å². The first-order valence-electron chi connectivity index (χ1n) is 5.51. The highest BCUT2D eigenvalue weighted by atomic mass is 16.6. The predicted octanol–water partition coefficient (Wildman–Crippen LogP) is 1.95. The van der Waals surface area contributed by atoms with Crippen molar-refractivity contribution in [2.45, 2.75) is 6.92 Å². The summed E-state index contributed by atoms with van der Waals surface area (Å²) in [6.07, 6.45) is 1.56. The van der Waals surface area contributed by atoms with Gasteiger partial charge in [0.05, 0.1) is 7.11 Å². The molecule has 0 bridgehead atoms. The van der Waals surface area contributed by atoms with Crippen LogP contribution < -0.4 is 14.2 Å². The molecule has 0 radical (unpaired) electrons. The second kappa shape index (κ2) is 5.00. The van der Waals surface area contributed by atoms with Crippen LogP contribution in [-0.2, 0) is 4.79 Å². The molecule has 0 fully saturated rings. The summed E-state index contributed by atoms with van der Waals surface area (Å²) < 4.78 is 16.1. The van der Waals surface area contributed by atoms with Gasteiger partial charge in [0.1, 0.15) is 13.2 Å². The van der Waals surface area contributed by atoms with E-state index in [0.29, 0.717) is 36.0 Å². The van der Waals surface area contributed by atoms with Crippen molar-refractivity contribution in [2.24, 2.45) is 0 Å². The standard InChI is InChI=1S/C13H14O5/c1-8(13(14)15)5-9-6-10(16-2)12-11(7-9)17-3-4-18-12/h5-7H,3-4H2,1-2H3,(H,14,15). The molecule has 1 aliphatic heterocycles. The van der Waals surface area contributed by atoms with Gasteiger partial charge in [-0.05, 0) is 30.7 Å². The Labute approximate surface area is 105 Å². The summed E-state index contributed by atoms with van der Waals surface area (Å²) in [5, 5.41) is 8.85. The van der Waals surface area contributed by atoms with Crippen LogP contribution in [0.2, 0.25) is 0 Å². The van der Waals surface area contributed by atoms with E-state index < -0.39 is 5.97 Å². The molecule has 0 saturated heterocycles. The average Bonchev–Trinajstić information content (AvgIpc) is 2.37. The zero-order valence-electron chi connectivity index (χ0n) is 10.2. The molecule has 0 amide bonds. The van der Waals surface area contributed by atoms with E-state index in [1.165, 1.54) is 14.0 Å². The molecular weight excluding hydrogens is 236 g/mol. The maximum Gasteiger partial charge on any atom is 0.331 e. The number of rotatable bonds is 3. The van der Waals surface area contributed by atoms with Gasteiger partial charge in [-0.1, -0.05) is 0 Å². The Balaban J connectivity index is 2.44. The largest absolute Gasteiger partial charge is 0.493 e. The highest BCUT2D eigenvalue weighted by Gasteiger charge is 2.18. The van der Waals surface area contributed by atoms with Gasteiger partial charge in [-0.15, -0.1) is 0 Å². The number of ether oxygens (including phenoxy) is 3. The second-order valence-electron chi connectivity index (χ2n) is 3.88. The van der Waals surface area contributed by atoms with Crippen LogP contribution in [0.4, 0.5) is 0 Å². The van der Waals surface area contributed by atoms with Crippen LogP contribution in [0.15, 0.2) is 17.7 Å². The summed E-state index contributed by atoms with van der Waals surface area (Å²) in [5.41, 5.74) is 0.949. The lowest BCUT2D eigenvalue weighted by molar-refractivity contribution is -0.132. The third-order valence-corrected chi connectivity index (χ3v) is 2.57. The highest BCUT2D eigenvalue weighted by molar-refractivity contribution is 5.91. The second-order valence-corrected chi connectivity index (χ2v) is 3.88. The number of fused-ring (bicyclic) bond motifs is 1. The molecule has 18 heavy (non-hydrogen) atoms. The smallest absolute Gasteiger partial charge is 0.331 e. The Bertz CT molecular complexity index is 487. The molecule has 1 aromatic carbocycles. The van der Waals surface area contributed by atoms with E-state index in [9.17, 15) is 4.79 Å². The first-order chi connectivity index (χ1) is 8.61. The lowest BCUT2D eigenvalue weighted by Gasteiger charge is -2.21. The van der Waals surface area contributed by atoms with Gasteiger partial charge in [0.2, 0.25) is 5.75 Å². The third-order valence-electron chi connectivity index (χ3n) is 2.57. The van der Waals surface area contributed by atoms with Gasteiger partial charge in [0.25, 0.3) is 0 Å². The predicted molar refractivity (Wildman–Crippen MR) is 65.3 cm³/mol. The number of benzene rings is 1. The Morgan fingerprint density at radius 3 is 2.78 bits per heavy atom. The van der Waals surface area contributed by atoms with Crippen molar-refractivity contribution in [1.29, 1.82) is 0 Å². The van der Waals surface area contributed by atoms with E-state index in [-0.39, 0.29) is 5.57 Å². The third kappa shape index (κ3) is 2.40. The molecule has 0 aliphatic carbocycles. The molecule has 1 heterocycles. The van der Waals surface area contributed by atoms with Crippen molar-refractivity contribution in [2.75, 3.05) is 20.3 Å². The molecule has 2 rings (SSSR count). The zero-order valence-corrected chi connectivity index (χ0v) is 10.2. The van der Waals surface area contributed by atoms with E-state index >= 15 is 0 Å². The molecule has 0 spiro atoms. The van der Waals surface area contributed by atoms with Crippen molar-refractivity contribution in [3.8, 4) is 17.2 Å². The average molecular weight is 250 g/mol. The monoisotopic (exact) mass is 250 g/mol. The van der Waals surface area contributed by atoms with Crippen LogP contribution in [0.3, 0.4) is 0 Å². The first kappa shape index (κ1) is 12.3. The molecule has 1 aromatic rings.